The topological polar surface area (TPSA) is 40.5 Å². The Labute approximate surface area is 203 Å². The largest absolute Gasteiger partial charge is 0.355 e. The Morgan fingerprint density at radius 2 is 1.65 bits per heavy atom. The molecule has 2 aliphatic rings. The first-order valence-electron chi connectivity index (χ1n) is 13.0. The van der Waals surface area contributed by atoms with Crippen molar-refractivity contribution >= 4 is 16.8 Å². The summed E-state index contributed by atoms with van der Waals surface area (Å²) < 4.78 is 2.48. The predicted octanol–water partition coefficient (Wildman–Crippen LogP) is 4.42. The highest BCUT2D eigenvalue weighted by Crippen LogP contribution is 2.25. The number of likely N-dealkylation sites (tertiary alicyclic amines) is 2. The van der Waals surface area contributed by atoms with Crippen molar-refractivity contribution in [2.75, 3.05) is 39.3 Å². The van der Waals surface area contributed by atoms with Gasteiger partial charge in [0, 0.05) is 43.3 Å². The normalized spacial score (nSPS) is 18.0. The molecule has 0 radical (unpaired) electrons. The molecule has 0 atom stereocenters. The Hall–Kier alpha value is -2.63. The van der Waals surface area contributed by atoms with Crippen LogP contribution in [0.1, 0.15) is 42.5 Å². The molecule has 1 N–H and O–H groups in total. The van der Waals surface area contributed by atoms with Crippen LogP contribution in [-0.4, -0.2) is 59.5 Å². The van der Waals surface area contributed by atoms with E-state index in [1.165, 1.54) is 53.7 Å². The molecule has 180 valence electrons. The number of hydrogen-bond donors (Lipinski definition) is 1. The number of hydrogen-bond acceptors (Lipinski definition) is 3. The summed E-state index contributed by atoms with van der Waals surface area (Å²) in [5.41, 5.74) is 5.36. The third kappa shape index (κ3) is 5.37. The molecule has 5 rings (SSSR count). The van der Waals surface area contributed by atoms with E-state index in [4.69, 9.17) is 0 Å². The summed E-state index contributed by atoms with van der Waals surface area (Å²) in [6.07, 6.45) is 4.51. The first-order chi connectivity index (χ1) is 16.7. The van der Waals surface area contributed by atoms with Gasteiger partial charge in [0.25, 0.3) is 0 Å². The Kier molecular flexibility index (Phi) is 7.31. The maximum absolute atomic E-state index is 12.7. The highest BCUT2D eigenvalue weighted by Gasteiger charge is 2.26. The highest BCUT2D eigenvalue weighted by molar-refractivity contribution is 5.81. The quantitative estimate of drug-likeness (QED) is 0.543. The fourth-order valence-electron chi connectivity index (χ4n) is 5.61. The van der Waals surface area contributed by atoms with Gasteiger partial charge in [0.1, 0.15) is 0 Å². The second-order valence-corrected chi connectivity index (χ2v) is 10.1. The number of carbonyl (C=O) groups is 1. The maximum atomic E-state index is 12.7. The van der Waals surface area contributed by atoms with E-state index in [0.717, 1.165) is 52.1 Å². The number of nitrogens with zero attached hydrogens (tertiary/aromatic N) is 3. The third-order valence-electron chi connectivity index (χ3n) is 7.76. The summed E-state index contributed by atoms with van der Waals surface area (Å²) in [5.74, 6) is 0.417. The van der Waals surface area contributed by atoms with E-state index in [0.29, 0.717) is 0 Å². The van der Waals surface area contributed by atoms with Crippen molar-refractivity contribution in [1.82, 2.24) is 19.7 Å². The van der Waals surface area contributed by atoms with Gasteiger partial charge in [-0.1, -0.05) is 42.5 Å². The van der Waals surface area contributed by atoms with Crippen molar-refractivity contribution in [2.45, 2.75) is 45.7 Å². The van der Waals surface area contributed by atoms with Gasteiger partial charge in [0.15, 0.2) is 0 Å². The monoisotopic (exact) mass is 458 g/mol. The van der Waals surface area contributed by atoms with Gasteiger partial charge in [-0.3, -0.25) is 9.69 Å². The van der Waals surface area contributed by atoms with Crippen LogP contribution < -0.4 is 5.32 Å². The van der Waals surface area contributed by atoms with Gasteiger partial charge in [0.05, 0.1) is 0 Å². The van der Waals surface area contributed by atoms with Gasteiger partial charge in [-0.2, -0.15) is 0 Å². The van der Waals surface area contributed by atoms with Gasteiger partial charge in [0.2, 0.25) is 5.91 Å². The van der Waals surface area contributed by atoms with Crippen LogP contribution in [0.3, 0.4) is 0 Å². The molecule has 0 spiro atoms. The molecule has 2 aliphatic heterocycles. The zero-order chi connectivity index (χ0) is 23.3. The van der Waals surface area contributed by atoms with E-state index < -0.39 is 0 Å². The molecule has 34 heavy (non-hydrogen) atoms. The smallest absolute Gasteiger partial charge is 0.223 e. The molecule has 0 saturated carbocycles. The molecule has 1 aromatic heterocycles. The van der Waals surface area contributed by atoms with E-state index >= 15 is 0 Å². The molecule has 1 amide bonds. The molecule has 0 aliphatic carbocycles. The lowest BCUT2D eigenvalue weighted by molar-refractivity contribution is -0.126. The standard InChI is InChI=1S/C29H38N4O/c1-23-8-2-3-10-26(23)21-33-27(20-25-9-4-5-11-28(25)33)22-32-17-12-24(13-18-32)29(34)30-14-19-31-15-6-7-16-31/h2-5,8-11,20,24H,6-7,12-19,21-22H2,1H3,(H,30,34). The molecule has 2 saturated heterocycles. The molecule has 5 heteroatoms. The second-order valence-electron chi connectivity index (χ2n) is 10.1. The number of amides is 1. The van der Waals surface area contributed by atoms with Crippen LogP contribution in [0.4, 0.5) is 0 Å². The van der Waals surface area contributed by atoms with Crippen molar-refractivity contribution in [2.24, 2.45) is 5.92 Å². The Morgan fingerprint density at radius 1 is 0.912 bits per heavy atom. The van der Waals surface area contributed by atoms with Gasteiger partial charge in [-0.25, -0.2) is 0 Å². The summed E-state index contributed by atoms with van der Waals surface area (Å²) in [5, 5.41) is 4.50. The van der Waals surface area contributed by atoms with Crippen LogP contribution >= 0.6 is 0 Å². The molecule has 0 bridgehead atoms. The number of aromatic nitrogens is 1. The van der Waals surface area contributed by atoms with Crippen molar-refractivity contribution in [3.05, 3.63) is 71.4 Å². The second kappa shape index (κ2) is 10.7. The predicted molar refractivity (Wildman–Crippen MR) is 139 cm³/mol. The average Bonchev–Trinajstić information content (AvgIpc) is 3.49. The van der Waals surface area contributed by atoms with Gasteiger partial charge in [-0.15, -0.1) is 0 Å². The van der Waals surface area contributed by atoms with E-state index in [-0.39, 0.29) is 11.8 Å². The minimum atomic E-state index is 0.160. The maximum Gasteiger partial charge on any atom is 0.223 e. The lowest BCUT2D eigenvalue weighted by Gasteiger charge is -2.31. The van der Waals surface area contributed by atoms with Crippen molar-refractivity contribution < 1.29 is 4.79 Å². The number of aryl methyl sites for hydroxylation is 1. The number of nitrogens with one attached hydrogen (secondary N) is 1. The Morgan fingerprint density at radius 3 is 2.44 bits per heavy atom. The fourth-order valence-corrected chi connectivity index (χ4v) is 5.61. The minimum Gasteiger partial charge on any atom is -0.355 e. The highest BCUT2D eigenvalue weighted by atomic mass is 16.1. The van der Waals surface area contributed by atoms with Crippen molar-refractivity contribution in [3.63, 3.8) is 0 Å². The van der Waals surface area contributed by atoms with Crippen LogP contribution in [0.25, 0.3) is 10.9 Å². The Balaban J connectivity index is 1.20. The van der Waals surface area contributed by atoms with Crippen LogP contribution in [-0.2, 0) is 17.9 Å². The summed E-state index contributed by atoms with van der Waals surface area (Å²) in [6, 6.07) is 19.7. The van der Waals surface area contributed by atoms with Crippen LogP contribution in [0.2, 0.25) is 0 Å². The first-order valence-corrected chi connectivity index (χ1v) is 13.0. The number of fused-ring (bicyclic) bond motifs is 1. The van der Waals surface area contributed by atoms with E-state index in [2.05, 4.69) is 81.2 Å². The first kappa shape index (κ1) is 23.1. The molecule has 5 nitrogen and oxygen atoms in total. The summed E-state index contributed by atoms with van der Waals surface area (Å²) >= 11 is 0. The van der Waals surface area contributed by atoms with Crippen LogP contribution in [0, 0.1) is 12.8 Å². The van der Waals surface area contributed by atoms with Gasteiger partial charge < -0.3 is 14.8 Å². The molecule has 2 aromatic carbocycles. The molecule has 3 heterocycles. The molecule has 2 fully saturated rings. The van der Waals surface area contributed by atoms with Crippen molar-refractivity contribution in [1.29, 1.82) is 0 Å². The van der Waals surface area contributed by atoms with Crippen LogP contribution in [0.5, 0.6) is 0 Å². The third-order valence-corrected chi connectivity index (χ3v) is 7.76. The molecule has 3 aromatic rings. The zero-order valence-electron chi connectivity index (χ0n) is 20.5. The summed E-state index contributed by atoms with van der Waals surface area (Å²) in [4.78, 5) is 17.7. The molecular weight excluding hydrogens is 420 g/mol. The number of piperidine rings is 1. The summed E-state index contributed by atoms with van der Waals surface area (Å²) in [7, 11) is 0. The number of rotatable bonds is 8. The lowest BCUT2D eigenvalue weighted by atomic mass is 9.96. The number of benzene rings is 2. The van der Waals surface area contributed by atoms with Crippen molar-refractivity contribution in [3.8, 4) is 0 Å². The zero-order valence-corrected chi connectivity index (χ0v) is 20.5. The molecular formula is C29H38N4O. The SMILES string of the molecule is Cc1ccccc1Cn1c(CN2CCC(C(=O)NCCN3CCCC3)CC2)cc2ccccc21. The Bertz CT molecular complexity index is 1110. The summed E-state index contributed by atoms with van der Waals surface area (Å²) in [6.45, 7) is 10.2. The van der Waals surface area contributed by atoms with E-state index in [1.807, 2.05) is 0 Å². The van der Waals surface area contributed by atoms with Crippen LogP contribution in [0.15, 0.2) is 54.6 Å². The lowest BCUT2D eigenvalue weighted by Crippen LogP contribution is -2.42. The number of para-hydroxylation sites is 1. The van der Waals surface area contributed by atoms with E-state index in [1.54, 1.807) is 0 Å². The minimum absolute atomic E-state index is 0.160. The molecule has 0 unspecified atom stereocenters. The average molecular weight is 459 g/mol. The van der Waals surface area contributed by atoms with E-state index in [9.17, 15) is 4.79 Å². The fraction of sp³-hybridized carbons (Fsp3) is 0.483. The number of carbonyl (C=O) groups excluding carboxylic acids is 1. The van der Waals surface area contributed by atoms with Gasteiger partial charge in [-0.05, 0) is 87.4 Å². The van der Waals surface area contributed by atoms with Gasteiger partial charge >= 0.3 is 0 Å².